The summed E-state index contributed by atoms with van der Waals surface area (Å²) < 4.78 is 0. The van der Waals surface area contributed by atoms with Gasteiger partial charge in [0.05, 0.1) is 18.1 Å². The molecular formula is C14H11ClN4O. The molecule has 100 valence electrons. The van der Waals surface area contributed by atoms with Gasteiger partial charge in [0, 0.05) is 16.7 Å². The number of benzene rings is 1. The van der Waals surface area contributed by atoms with Crippen molar-refractivity contribution in [3.8, 4) is 12.1 Å². The summed E-state index contributed by atoms with van der Waals surface area (Å²) in [6, 6.07) is 10.8. The third kappa shape index (κ3) is 2.36. The van der Waals surface area contributed by atoms with Gasteiger partial charge in [-0.2, -0.15) is 15.6 Å². The first-order valence-electron chi connectivity index (χ1n) is 5.97. The van der Waals surface area contributed by atoms with E-state index in [0.29, 0.717) is 16.3 Å². The maximum Gasteiger partial charge on any atom is 0.249 e. The predicted octanol–water partition coefficient (Wildman–Crippen LogP) is 2.21. The number of carbonyl (C=O) groups excluding carboxylic acids is 1. The van der Waals surface area contributed by atoms with Crippen LogP contribution >= 0.6 is 11.6 Å². The van der Waals surface area contributed by atoms with Crippen LogP contribution in [0.5, 0.6) is 0 Å². The van der Waals surface area contributed by atoms with Crippen molar-refractivity contribution >= 4 is 23.2 Å². The van der Waals surface area contributed by atoms with E-state index in [0.717, 1.165) is 0 Å². The van der Waals surface area contributed by atoms with Crippen molar-refractivity contribution in [2.75, 3.05) is 0 Å². The van der Waals surface area contributed by atoms with Crippen LogP contribution in [0.2, 0.25) is 5.02 Å². The lowest BCUT2D eigenvalue weighted by atomic mass is 9.76. The number of amides is 1. The standard InChI is InChI=1S/C14H11ClN4O/c1-8-12(14(20)19-18-8)13(9(6-16)7-17)10-4-2-3-5-11(10)15/h2-5,9,12-13H,1H3,(H,19,20)/t12-,13-/m0/s1. The Kier molecular flexibility index (Phi) is 4.02. The van der Waals surface area contributed by atoms with Crippen LogP contribution in [0.4, 0.5) is 0 Å². The highest BCUT2D eigenvalue weighted by Crippen LogP contribution is 2.38. The summed E-state index contributed by atoms with van der Waals surface area (Å²) in [7, 11) is 0. The Bertz CT molecular complexity index is 642. The number of nitrogens with one attached hydrogen (secondary N) is 1. The Hall–Kier alpha value is -2.37. The summed E-state index contributed by atoms with van der Waals surface area (Å²) in [5, 5.41) is 22.7. The first kappa shape index (κ1) is 14.0. The fourth-order valence-corrected chi connectivity index (χ4v) is 2.64. The number of hydrogen-bond acceptors (Lipinski definition) is 4. The van der Waals surface area contributed by atoms with Gasteiger partial charge in [-0.3, -0.25) is 4.79 Å². The van der Waals surface area contributed by atoms with Crippen molar-refractivity contribution in [2.24, 2.45) is 16.9 Å². The van der Waals surface area contributed by atoms with Gasteiger partial charge in [-0.25, -0.2) is 5.43 Å². The van der Waals surface area contributed by atoms with Crippen molar-refractivity contribution in [1.82, 2.24) is 5.43 Å². The molecule has 2 atom stereocenters. The van der Waals surface area contributed by atoms with E-state index in [2.05, 4.69) is 10.5 Å². The molecule has 6 heteroatoms. The molecule has 1 aromatic carbocycles. The normalized spacial score (nSPS) is 18.9. The second-order valence-electron chi connectivity index (χ2n) is 4.49. The molecule has 0 fully saturated rings. The van der Waals surface area contributed by atoms with Gasteiger partial charge in [0.25, 0.3) is 0 Å². The number of nitrogens with zero attached hydrogens (tertiary/aromatic N) is 3. The lowest BCUT2D eigenvalue weighted by molar-refractivity contribution is -0.122. The summed E-state index contributed by atoms with van der Waals surface area (Å²) in [5.74, 6) is -2.58. The molecule has 1 aromatic rings. The Morgan fingerprint density at radius 2 is 2.00 bits per heavy atom. The molecule has 0 aliphatic carbocycles. The minimum Gasteiger partial charge on any atom is -0.272 e. The zero-order valence-electron chi connectivity index (χ0n) is 10.7. The van der Waals surface area contributed by atoms with E-state index in [1.165, 1.54) is 0 Å². The molecule has 5 nitrogen and oxygen atoms in total. The monoisotopic (exact) mass is 286 g/mol. The minimum absolute atomic E-state index is 0.317. The second kappa shape index (κ2) is 5.73. The first-order chi connectivity index (χ1) is 9.60. The summed E-state index contributed by atoms with van der Waals surface area (Å²) in [4.78, 5) is 12.0. The molecule has 1 heterocycles. The lowest BCUT2D eigenvalue weighted by Crippen LogP contribution is -2.32. The van der Waals surface area contributed by atoms with Crippen molar-refractivity contribution in [1.29, 1.82) is 10.5 Å². The topological polar surface area (TPSA) is 89.0 Å². The molecule has 1 aliphatic heterocycles. The largest absolute Gasteiger partial charge is 0.272 e. The minimum atomic E-state index is -0.978. The summed E-state index contributed by atoms with van der Waals surface area (Å²) >= 11 is 6.16. The second-order valence-corrected chi connectivity index (χ2v) is 4.90. The van der Waals surface area contributed by atoms with E-state index >= 15 is 0 Å². The quantitative estimate of drug-likeness (QED) is 0.924. The van der Waals surface area contributed by atoms with Gasteiger partial charge in [-0.15, -0.1) is 0 Å². The van der Waals surface area contributed by atoms with Gasteiger partial charge in [0.1, 0.15) is 5.92 Å². The molecule has 0 bridgehead atoms. The molecule has 0 spiro atoms. The van der Waals surface area contributed by atoms with E-state index in [-0.39, 0.29) is 5.91 Å². The number of nitriles is 2. The van der Waals surface area contributed by atoms with Crippen molar-refractivity contribution in [2.45, 2.75) is 12.8 Å². The highest BCUT2D eigenvalue weighted by Gasteiger charge is 2.41. The van der Waals surface area contributed by atoms with Gasteiger partial charge in [0.15, 0.2) is 0 Å². The van der Waals surface area contributed by atoms with Gasteiger partial charge in [-0.1, -0.05) is 29.8 Å². The Morgan fingerprint density at radius 3 is 2.50 bits per heavy atom. The number of halogens is 1. The number of hydrogen-bond donors (Lipinski definition) is 1. The predicted molar refractivity (Wildman–Crippen MR) is 73.7 cm³/mol. The molecule has 0 unspecified atom stereocenters. The van der Waals surface area contributed by atoms with E-state index in [1.807, 2.05) is 12.1 Å². The molecule has 20 heavy (non-hydrogen) atoms. The van der Waals surface area contributed by atoms with Crippen LogP contribution in [-0.2, 0) is 4.79 Å². The third-order valence-corrected chi connectivity index (χ3v) is 3.68. The van der Waals surface area contributed by atoms with Crippen molar-refractivity contribution in [3.05, 3.63) is 34.9 Å². The molecule has 1 amide bonds. The molecule has 0 radical (unpaired) electrons. The van der Waals surface area contributed by atoms with Crippen LogP contribution in [0.15, 0.2) is 29.4 Å². The molecule has 0 saturated carbocycles. The van der Waals surface area contributed by atoms with Crippen LogP contribution in [0, 0.1) is 34.5 Å². The molecule has 2 rings (SSSR count). The fourth-order valence-electron chi connectivity index (χ4n) is 2.38. The van der Waals surface area contributed by atoms with Gasteiger partial charge in [0.2, 0.25) is 5.91 Å². The smallest absolute Gasteiger partial charge is 0.249 e. The van der Waals surface area contributed by atoms with Crippen LogP contribution in [-0.4, -0.2) is 11.6 Å². The van der Waals surface area contributed by atoms with Crippen LogP contribution in [0.3, 0.4) is 0 Å². The Labute approximate surface area is 121 Å². The van der Waals surface area contributed by atoms with E-state index in [1.54, 1.807) is 31.2 Å². The zero-order valence-corrected chi connectivity index (χ0v) is 11.4. The lowest BCUT2D eigenvalue weighted by Gasteiger charge is -2.23. The average Bonchev–Trinajstić information content (AvgIpc) is 2.77. The van der Waals surface area contributed by atoms with Crippen LogP contribution in [0.25, 0.3) is 0 Å². The summed E-state index contributed by atoms with van der Waals surface area (Å²) in [6.45, 7) is 1.69. The van der Waals surface area contributed by atoms with Gasteiger partial charge in [-0.05, 0) is 18.6 Å². The Morgan fingerprint density at radius 1 is 1.35 bits per heavy atom. The van der Waals surface area contributed by atoms with Crippen molar-refractivity contribution in [3.63, 3.8) is 0 Å². The van der Waals surface area contributed by atoms with Gasteiger partial charge >= 0.3 is 0 Å². The SMILES string of the molecule is CC1=NNC(=O)[C@@H]1[C@H](c1ccccc1Cl)C(C#N)C#N. The molecule has 1 N–H and O–H groups in total. The van der Waals surface area contributed by atoms with Crippen LogP contribution in [0.1, 0.15) is 18.4 Å². The zero-order chi connectivity index (χ0) is 14.7. The third-order valence-electron chi connectivity index (χ3n) is 3.34. The van der Waals surface area contributed by atoms with E-state index in [9.17, 15) is 15.3 Å². The first-order valence-corrected chi connectivity index (χ1v) is 6.35. The van der Waals surface area contributed by atoms with Gasteiger partial charge < -0.3 is 0 Å². The Balaban J connectivity index is 2.55. The number of hydrazone groups is 1. The maximum atomic E-state index is 12.0. The van der Waals surface area contributed by atoms with Crippen molar-refractivity contribution < 1.29 is 4.79 Å². The molecule has 1 aliphatic rings. The highest BCUT2D eigenvalue weighted by atomic mass is 35.5. The maximum absolute atomic E-state index is 12.0. The number of carbonyl (C=O) groups is 1. The molecule has 0 aromatic heterocycles. The summed E-state index contributed by atoms with van der Waals surface area (Å²) in [6.07, 6.45) is 0. The average molecular weight is 287 g/mol. The number of rotatable bonds is 3. The highest BCUT2D eigenvalue weighted by molar-refractivity contribution is 6.31. The fraction of sp³-hybridized carbons (Fsp3) is 0.286. The molecule has 0 saturated heterocycles. The molecular weight excluding hydrogens is 276 g/mol. The van der Waals surface area contributed by atoms with Crippen LogP contribution < -0.4 is 5.43 Å². The van der Waals surface area contributed by atoms with E-state index in [4.69, 9.17) is 11.6 Å². The van der Waals surface area contributed by atoms with E-state index < -0.39 is 17.8 Å². The summed E-state index contributed by atoms with van der Waals surface area (Å²) in [5.41, 5.74) is 3.54.